The molecule has 2 rings (SSSR count). The maximum Gasteiger partial charge on any atom is 0.115 e. The molecule has 88 valence electrons. The Morgan fingerprint density at radius 1 is 1.31 bits per heavy atom. The SMILES string of the molecule is Oc1ccc(CCNCC2CCSC2)cc1. The monoisotopic (exact) mass is 237 g/mol. The molecule has 1 aromatic carbocycles. The average molecular weight is 237 g/mol. The van der Waals surface area contributed by atoms with Crippen LogP contribution in [0.1, 0.15) is 12.0 Å². The van der Waals surface area contributed by atoms with Crippen molar-refractivity contribution >= 4 is 11.8 Å². The van der Waals surface area contributed by atoms with E-state index in [1.807, 2.05) is 12.1 Å². The van der Waals surface area contributed by atoms with Crippen LogP contribution in [-0.2, 0) is 6.42 Å². The first-order valence-corrected chi connectivity index (χ1v) is 7.06. The molecule has 1 unspecified atom stereocenters. The van der Waals surface area contributed by atoms with Gasteiger partial charge in [-0.05, 0) is 61.1 Å². The zero-order valence-corrected chi connectivity index (χ0v) is 10.3. The van der Waals surface area contributed by atoms with Gasteiger partial charge in [0.05, 0.1) is 0 Å². The maximum absolute atomic E-state index is 9.15. The number of hydrogen-bond donors (Lipinski definition) is 2. The minimum absolute atomic E-state index is 0.347. The summed E-state index contributed by atoms with van der Waals surface area (Å²) >= 11 is 2.07. The largest absolute Gasteiger partial charge is 0.508 e. The second-order valence-electron chi connectivity index (χ2n) is 4.35. The van der Waals surface area contributed by atoms with Crippen LogP contribution >= 0.6 is 11.8 Å². The highest BCUT2D eigenvalue weighted by Gasteiger charge is 2.14. The van der Waals surface area contributed by atoms with E-state index < -0.39 is 0 Å². The Kier molecular flexibility index (Phi) is 4.55. The van der Waals surface area contributed by atoms with E-state index in [4.69, 9.17) is 5.11 Å². The van der Waals surface area contributed by atoms with Gasteiger partial charge in [-0.25, -0.2) is 0 Å². The third kappa shape index (κ3) is 3.72. The Balaban J connectivity index is 1.62. The van der Waals surface area contributed by atoms with E-state index in [9.17, 15) is 0 Å². The first-order valence-electron chi connectivity index (χ1n) is 5.91. The molecule has 1 aliphatic heterocycles. The molecule has 0 spiro atoms. The van der Waals surface area contributed by atoms with E-state index in [1.165, 1.54) is 23.5 Å². The number of rotatable bonds is 5. The summed E-state index contributed by atoms with van der Waals surface area (Å²) in [6, 6.07) is 7.48. The van der Waals surface area contributed by atoms with Crippen molar-refractivity contribution < 1.29 is 5.11 Å². The van der Waals surface area contributed by atoms with Crippen molar-refractivity contribution in [3.63, 3.8) is 0 Å². The van der Waals surface area contributed by atoms with Crippen molar-refractivity contribution in [3.05, 3.63) is 29.8 Å². The van der Waals surface area contributed by atoms with E-state index in [2.05, 4.69) is 17.1 Å². The predicted molar refractivity (Wildman–Crippen MR) is 70.1 cm³/mol. The van der Waals surface area contributed by atoms with Gasteiger partial charge in [0.1, 0.15) is 5.75 Å². The van der Waals surface area contributed by atoms with Crippen molar-refractivity contribution in [2.45, 2.75) is 12.8 Å². The van der Waals surface area contributed by atoms with Gasteiger partial charge in [0.25, 0.3) is 0 Å². The second kappa shape index (κ2) is 6.16. The molecule has 1 heterocycles. The van der Waals surface area contributed by atoms with Crippen LogP contribution in [0.25, 0.3) is 0 Å². The highest BCUT2D eigenvalue weighted by atomic mass is 32.2. The van der Waals surface area contributed by atoms with Gasteiger partial charge in [0, 0.05) is 0 Å². The zero-order valence-electron chi connectivity index (χ0n) is 9.48. The minimum atomic E-state index is 0.347. The van der Waals surface area contributed by atoms with Gasteiger partial charge in [0.15, 0.2) is 0 Å². The van der Waals surface area contributed by atoms with Gasteiger partial charge in [-0.2, -0.15) is 11.8 Å². The number of hydrogen-bond acceptors (Lipinski definition) is 3. The van der Waals surface area contributed by atoms with Crippen molar-refractivity contribution in [2.75, 3.05) is 24.6 Å². The number of benzene rings is 1. The lowest BCUT2D eigenvalue weighted by atomic mass is 10.1. The average Bonchev–Trinajstić information content (AvgIpc) is 2.80. The lowest BCUT2D eigenvalue weighted by molar-refractivity contribution is 0.475. The summed E-state index contributed by atoms with van der Waals surface area (Å²) in [7, 11) is 0. The molecule has 2 nitrogen and oxygen atoms in total. The highest BCUT2D eigenvalue weighted by Crippen LogP contribution is 2.22. The summed E-state index contributed by atoms with van der Waals surface area (Å²) in [6.07, 6.45) is 2.41. The van der Waals surface area contributed by atoms with Crippen LogP contribution in [-0.4, -0.2) is 29.7 Å². The van der Waals surface area contributed by atoms with Crippen molar-refractivity contribution in [1.82, 2.24) is 5.32 Å². The van der Waals surface area contributed by atoms with Gasteiger partial charge >= 0.3 is 0 Å². The molecule has 1 fully saturated rings. The molecule has 1 atom stereocenters. The summed E-state index contributed by atoms with van der Waals surface area (Å²) in [5.74, 6) is 3.89. The van der Waals surface area contributed by atoms with Gasteiger partial charge in [-0.3, -0.25) is 0 Å². The Morgan fingerprint density at radius 2 is 2.12 bits per heavy atom. The number of thioether (sulfide) groups is 1. The lowest BCUT2D eigenvalue weighted by Crippen LogP contribution is -2.24. The van der Waals surface area contributed by atoms with E-state index >= 15 is 0 Å². The number of aromatic hydroxyl groups is 1. The van der Waals surface area contributed by atoms with E-state index in [1.54, 1.807) is 12.1 Å². The molecular formula is C13H19NOS. The van der Waals surface area contributed by atoms with Gasteiger partial charge in [-0.1, -0.05) is 12.1 Å². The third-order valence-electron chi connectivity index (χ3n) is 2.98. The molecule has 2 N–H and O–H groups in total. The van der Waals surface area contributed by atoms with Gasteiger partial charge in [-0.15, -0.1) is 0 Å². The Hall–Kier alpha value is -0.670. The van der Waals surface area contributed by atoms with Crippen molar-refractivity contribution in [3.8, 4) is 5.75 Å². The van der Waals surface area contributed by atoms with E-state index in [-0.39, 0.29) is 0 Å². The second-order valence-corrected chi connectivity index (χ2v) is 5.50. The first-order chi connectivity index (χ1) is 7.84. The fraction of sp³-hybridized carbons (Fsp3) is 0.538. The Morgan fingerprint density at radius 3 is 2.81 bits per heavy atom. The molecule has 0 bridgehead atoms. The maximum atomic E-state index is 9.15. The van der Waals surface area contributed by atoms with Crippen molar-refractivity contribution in [2.24, 2.45) is 5.92 Å². The van der Waals surface area contributed by atoms with Crippen molar-refractivity contribution in [1.29, 1.82) is 0 Å². The van der Waals surface area contributed by atoms with Crippen LogP contribution in [0.3, 0.4) is 0 Å². The Labute approximate surface area is 101 Å². The molecular weight excluding hydrogens is 218 g/mol. The zero-order chi connectivity index (χ0) is 11.2. The predicted octanol–water partition coefficient (Wildman–Crippen LogP) is 2.28. The molecule has 1 aromatic rings. The fourth-order valence-electron chi connectivity index (χ4n) is 1.95. The molecule has 0 amide bonds. The highest BCUT2D eigenvalue weighted by molar-refractivity contribution is 7.99. The van der Waals surface area contributed by atoms with Crippen LogP contribution < -0.4 is 5.32 Å². The minimum Gasteiger partial charge on any atom is -0.508 e. The van der Waals surface area contributed by atoms with Crippen LogP contribution in [0.5, 0.6) is 5.75 Å². The van der Waals surface area contributed by atoms with E-state index in [0.717, 1.165) is 25.4 Å². The van der Waals surface area contributed by atoms with E-state index in [0.29, 0.717) is 5.75 Å². The summed E-state index contributed by atoms with van der Waals surface area (Å²) in [5.41, 5.74) is 1.28. The molecule has 0 radical (unpaired) electrons. The standard InChI is InChI=1S/C13H19NOS/c15-13-3-1-11(2-4-13)5-7-14-9-12-6-8-16-10-12/h1-4,12,14-15H,5-10H2. The molecule has 16 heavy (non-hydrogen) atoms. The molecule has 0 saturated carbocycles. The quantitative estimate of drug-likeness (QED) is 0.771. The summed E-state index contributed by atoms with van der Waals surface area (Å²) in [6.45, 7) is 2.19. The van der Waals surface area contributed by atoms with Gasteiger partial charge in [0.2, 0.25) is 0 Å². The summed E-state index contributed by atoms with van der Waals surface area (Å²) in [5, 5.41) is 12.7. The normalized spacial score (nSPS) is 20.1. The molecule has 0 aromatic heterocycles. The summed E-state index contributed by atoms with van der Waals surface area (Å²) < 4.78 is 0. The molecule has 1 saturated heterocycles. The number of nitrogens with one attached hydrogen (secondary N) is 1. The van der Waals surface area contributed by atoms with Crippen LogP contribution in [0.2, 0.25) is 0 Å². The number of phenolic OH excluding ortho intramolecular Hbond substituents is 1. The van der Waals surface area contributed by atoms with Gasteiger partial charge < -0.3 is 10.4 Å². The van der Waals surface area contributed by atoms with Crippen LogP contribution in [0.15, 0.2) is 24.3 Å². The molecule has 3 heteroatoms. The van der Waals surface area contributed by atoms with Crippen LogP contribution in [0.4, 0.5) is 0 Å². The van der Waals surface area contributed by atoms with Crippen LogP contribution in [0, 0.1) is 5.92 Å². The fourth-order valence-corrected chi connectivity index (χ4v) is 3.23. The third-order valence-corrected chi connectivity index (χ3v) is 4.22. The summed E-state index contributed by atoms with van der Waals surface area (Å²) in [4.78, 5) is 0. The molecule has 1 aliphatic rings. The molecule has 0 aliphatic carbocycles. The smallest absolute Gasteiger partial charge is 0.115 e. The number of phenols is 1. The topological polar surface area (TPSA) is 32.3 Å². The Bertz CT molecular complexity index is 306. The lowest BCUT2D eigenvalue weighted by Gasteiger charge is -2.09. The first kappa shape index (κ1) is 11.8.